The third-order valence-electron chi connectivity index (χ3n) is 5.25. The molecule has 1 fully saturated rings. The lowest BCUT2D eigenvalue weighted by molar-refractivity contribution is -0.145. The molecule has 9 heteroatoms. The van der Waals surface area contributed by atoms with Crippen LogP contribution in [0, 0.1) is 0 Å². The van der Waals surface area contributed by atoms with Gasteiger partial charge in [0.25, 0.3) is 5.91 Å². The number of carbonyl (C=O) groups is 1. The second-order valence-electron chi connectivity index (χ2n) is 7.67. The van der Waals surface area contributed by atoms with Gasteiger partial charge in [-0.05, 0) is 37.8 Å². The van der Waals surface area contributed by atoms with E-state index in [1.165, 1.54) is 5.56 Å². The van der Waals surface area contributed by atoms with E-state index in [0.29, 0.717) is 26.3 Å². The van der Waals surface area contributed by atoms with Crippen LogP contribution < -0.4 is 5.32 Å². The number of hydrogen-bond donors (Lipinski definition) is 2. The molecule has 0 bridgehead atoms. The van der Waals surface area contributed by atoms with E-state index in [-0.39, 0.29) is 17.7 Å². The second-order valence-corrected chi connectivity index (χ2v) is 7.67. The molecule has 0 aliphatic carbocycles. The molecule has 3 rings (SSSR count). The Hall–Kier alpha value is -2.33. The molecule has 2 N–H and O–H groups in total. The molecule has 1 aliphatic rings. The maximum Gasteiger partial charge on any atom is 0.273 e. The van der Waals surface area contributed by atoms with Gasteiger partial charge < -0.3 is 19.9 Å². The minimum absolute atomic E-state index is 0.153. The highest BCUT2D eigenvalue weighted by molar-refractivity contribution is 5.91. The van der Waals surface area contributed by atoms with Crippen LogP contribution in [0.5, 0.6) is 0 Å². The topological polar surface area (TPSA) is 102 Å². The molecule has 0 saturated carbocycles. The van der Waals surface area contributed by atoms with Gasteiger partial charge in [-0.1, -0.05) is 29.5 Å². The number of aliphatic hydroxyl groups excluding tert-OH is 1. The molecule has 170 valence electrons. The Morgan fingerprint density at radius 1 is 1.16 bits per heavy atom. The van der Waals surface area contributed by atoms with Crippen molar-refractivity contribution in [3.05, 3.63) is 47.3 Å². The summed E-state index contributed by atoms with van der Waals surface area (Å²) < 4.78 is 12.6. The number of ether oxygens (including phenoxy) is 2. The van der Waals surface area contributed by atoms with E-state index in [9.17, 15) is 9.90 Å². The van der Waals surface area contributed by atoms with Crippen molar-refractivity contribution in [1.29, 1.82) is 0 Å². The van der Waals surface area contributed by atoms with E-state index in [1.807, 2.05) is 26.0 Å². The summed E-state index contributed by atoms with van der Waals surface area (Å²) in [4.78, 5) is 14.8. The van der Waals surface area contributed by atoms with Crippen molar-refractivity contribution < 1.29 is 19.4 Å². The Kier molecular flexibility index (Phi) is 8.96. The minimum Gasteiger partial charge on any atom is -0.393 e. The van der Waals surface area contributed by atoms with Gasteiger partial charge in [0.1, 0.15) is 0 Å². The Labute approximate surface area is 183 Å². The van der Waals surface area contributed by atoms with Crippen molar-refractivity contribution in [1.82, 2.24) is 25.2 Å². The summed E-state index contributed by atoms with van der Waals surface area (Å²) in [6, 6.07) is 8.23. The normalized spacial score (nSPS) is 15.5. The number of benzene rings is 1. The van der Waals surface area contributed by atoms with Crippen molar-refractivity contribution in [2.45, 2.75) is 58.7 Å². The Bertz CT molecular complexity index is 796. The van der Waals surface area contributed by atoms with Crippen LogP contribution in [0.25, 0.3) is 0 Å². The van der Waals surface area contributed by atoms with Gasteiger partial charge in [0.05, 0.1) is 18.8 Å². The lowest BCUT2D eigenvalue weighted by Crippen LogP contribution is -2.35. The largest absolute Gasteiger partial charge is 0.393 e. The van der Waals surface area contributed by atoms with Gasteiger partial charge in [-0.3, -0.25) is 9.69 Å². The lowest BCUT2D eigenvalue weighted by atomic mass is 10.1. The first-order valence-electron chi connectivity index (χ1n) is 11.0. The van der Waals surface area contributed by atoms with Gasteiger partial charge >= 0.3 is 0 Å². The summed E-state index contributed by atoms with van der Waals surface area (Å²) in [5.41, 5.74) is 2.51. The monoisotopic (exact) mass is 431 g/mol. The third-order valence-corrected chi connectivity index (χ3v) is 5.25. The average molecular weight is 432 g/mol. The lowest BCUT2D eigenvalue weighted by Gasteiger charge is -2.29. The number of aromatic nitrogens is 3. The number of aliphatic hydroxyl groups is 1. The number of rotatable bonds is 11. The first-order chi connectivity index (χ1) is 15.1. The summed E-state index contributed by atoms with van der Waals surface area (Å²) in [6.45, 7) is 8.40. The molecule has 2 aromatic rings. The minimum atomic E-state index is -0.416. The van der Waals surface area contributed by atoms with Gasteiger partial charge in [0.15, 0.2) is 12.0 Å². The summed E-state index contributed by atoms with van der Waals surface area (Å²) in [7, 11) is 0. The van der Waals surface area contributed by atoms with Gasteiger partial charge in [0.2, 0.25) is 0 Å². The number of hydrogen-bond acceptors (Lipinski definition) is 7. The van der Waals surface area contributed by atoms with Crippen molar-refractivity contribution in [2.75, 3.05) is 26.3 Å². The maximum absolute atomic E-state index is 12.4. The van der Waals surface area contributed by atoms with E-state index in [2.05, 4.69) is 32.7 Å². The SMILES string of the molecule is CCOC(Cn1cc(C(=O)NCc2ccc(CN3CCC(O)CC3)cc2)nn1)OCC. The summed E-state index contributed by atoms with van der Waals surface area (Å²) in [6.07, 6.45) is 2.71. The van der Waals surface area contributed by atoms with Crippen LogP contribution in [-0.2, 0) is 29.1 Å². The van der Waals surface area contributed by atoms with Crippen molar-refractivity contribution in [3.8, 4) is 0 Å². The van der Waals surface area contributed by atoms with Gasteiger partial charge in [-0.2, -0.15) is 0 Å². The second kappa shape index (κ2) is 11.9. The molecule has 2 heterocycles. The predicted octanol–water partition coefficient (Wildman–Crippen LogP) is 1.56. The van der Waals surface area contributed by atoms with Crippen LogP contribution in [0.3, 0.4) is 0 Å². The van der Waals surface area contributed by atoms with Gasteiger partial charge in [-0.25, -0.2) is 4.68 Å². The zero-order valence-corrected chi connectivity index (χ0v) is 18.4. The number of nitrogens with zero attached hydrogens (tertiary/aromatic N) is 4. The third kappa shape index (κ3) is 7.39. The van der Waals surface area contributed by atoms with Crippen LogP contribution in [0.15, 0.2) is 30.5 Å². The molecule has 0 radical (unpaired) electrons. The first kappa shape index (κ1) is 23.3. The first-order valence-corrected chi connectivity index (χ1v) is 11.0. The molecule has 31 heavy (non-hydrogen) atoms. The molecule has 1 aromatic heterocycles. The van der Waals surface area contributed by atoms with Crippen molar-refractivity contribution >= 4 is 5.91 Å². The molecular weight excluding hydrogens is 398 g/mol. The smallest absolute Gasteiger partial charge is 0.273 e. The highest BCUT2D eigenvalue weighted by Crippen LogP contribution is 2.14. The molecule has 1 saturated heterocycles. The standard InChI is InChI=1S/C22H33N5O4/c1-3-30-21(31-4-2)16-27-15-20(24-25-27)22(29)23-13-17-5-7-18(8-6-17)14-26-11-9-19(28)10-12-26/h5-8,15,19,21,28H,3-4,9-14,16H2,1-2H3,(H,23,29). The van der Waals surface area contributed by atoms with Crippen LogP contribution >= 0.6 is 0 Å². The quantitative estimate of drug-likeness (QED) is 0.521. The Morgan fingerprint density at radius 2 is 1.81 bits per heavy atom. The molecule has 0 unspecified atom stereocenters. The maximum atomic E-state index is 12.4. The van der Waals surface area contributed by atoms with E-state index < -0.39 is 6.29 Å². The zero-order valence-electron chi connectivity index (χ0n) is 18.4. The number of nitrogens with one attached hydrogen (secondary N) is 1. The Balaban J connectivity index is 1.45. The fraction of sp³-hybridized carbons (Fsp3) is 0.591. The van der Waals surface area contributed by atoms with Gasteiger partial charge in [0, 0.05) is 39.4 Å². The predicted molar refractivity (Wildman–Crippen MR) is 115 cm³/mol. The number of carbonyl (C=O) groups excluding carboxylic acids is 1. The van der Waals surface area contributed by atoms with E-state index in [1.54, 1.807) is 10.9 Å². The highest BCUT2D eigenvalue weighted by Gasteiger charge is 2.17. The summed E-state index contributed by atoms with van der Waals surface area (Å²) in [5.74, 6) is -0.272. The van der Waals surface area contributed by atoms with E-state index in [4.69, 9.17) is 9.47 Å². The van der Waals surface area contributed by atoms with Crippen LogP contribution in [0.4, 0.5) is 0 Å². The molecule has 1 amide bonds. The van der Waals surface area contributed by atoms with Gasteiger partial charge in [-0.15, -0.1) is 5.10 Å². The zero-order chi connectivity index (χ0) is 22.1. The molecule has 0 atom stereocenters. The van der Waals surface area contributed by atoms with Crippen LogP contribution in [0.2, 0.25) is 0 Å². The van der Waals surface area contributed by atoms with E-state index >= 15 is 0 Å². The summed E-state index contributed by atoms with van der Waals surface area (Å²) in [5, 5.41) is 20.4. The van der Waals surface area contributed by atoms with Crippen LogP contribution in [-0.4, -0.2) is 69.6 Å². The molecule has 0 spiro atoms. The fourth-order valence-corrected chi connectivity index (χ4v) is 3.54. The Morgan fingerprint density at radius 3 is 2.45 bits per heavy atom. The van der Waals surface area contributed by atoms with E-state index in [0.717, 1.165) is 38.0 Å². The summed E-state index contributed by atoms with van der Waals surface area (Å²) >= 11 is 0. The number of likely N-dealkylation sites (tertiary alicyclic amines) is 1. The highest BCUT2D eigenvalue weighted by atomic mass is 16.7. The fourth-order valence-electron chi connectivity index (χ4n) is 3.54. The van der Waals surface area contributed by atoms with Crippen LogP contribution in [0.1, 0.15) is 48.3 Å². The van der Waals surface area contributed by atoms with Crippen molar-refractivity contribution in [2.24, 2.45) is 0 Å². The number of piperidine rings is 1. The number of amides is 1. The average Bonchev–Trinajstić information content (AvgIpc) is 3.24. The van der Waals surface area contributed by atoms with Crippen molar-refractivity contribution in [3.63, 3.8) is 0 Å². The molecular formula is C22H33N5O4. The molecule has 1 aliphatic heterocycles. The molecule has 1 aromatic carbocycles. The molecule has 9 nitrogen and oxygen atoms in total.